The van der Waals surface area contributed by atoms with Crippen LogP contribution in [-0.2, 0) is 10.0 Å². The van der Waals surface area contributed by atoms with Gasteiger partial charge in [-0.1, -0.05) is 26.0 Å². The van der Waals surface area contributed by atoms with Crippen LogP contribution in [0.4, 0.5) is 0 Å². The zero-order chi connectivity index (χ0) is 14.9. The molecular weight excluding hydrogens is 274 g/mol. The molecule has 1 heterocycles. The Morgan fingerprint density at radius 1 is 1.40 bits per heavy atom. The summed E-state index contributed by atoms with van der Waals surface area (Å²) in [6.07, 6.45) is 0. The van der Waals surface area contributed by atoms with Crippen LogP contribution in [-0.4, -0.2) is 27.8 Å². The summed E-state index contributed by atoms with van der Waals surface area (Å²) in [5.74, 6) is 0.899. The summed E-state index contributed by atoms with van der Waals surface area (Å²) in [4.78, 5) is 4.46. The Hall–Kier alpha value is -1.40. The van der Waals surface area contributed by atoms with Gasteiger partial charge in [0.15, 0.2) is 0 Å². The number of sulfonamides is 1. The van der Waals surface area contributed by atoms with Gasteiger partial charge in [0.2, 0.25) is 10.0 Å². The Morgan fingerprint density at radius 2 is 2.10 bits per heavy atom. The van der Waals surface area contributed by atoms with Crippen molar-refractivity contribution in [1.29, 1.82) is 0 Å². The highest BCUT2D eigenvalue weighted by molar-refractivity contribution is 7.89. The lowest BCUT2D eigenvalue weighted by Crippen LogP contribution is -2.29. The van der Waals surface area contributed by atoms with Crippen LogP contribution in [0.3, 0.4) is 0 Å². The van der Waals surface area contributed by atoms with Crippen molar-refractivity contribution in [2.24, 2.45) is 10.9 Å². The van der Waals surface area contributed by atoms with E-state index in [0.29, 0.717) is 22.8 Å². The van der Waals surface area contributed by atoms with Crippen molar-refractivity contribution in [2.45, 2.75) is 31.7 Å². The highest BCUT2D eigenvalue weighted by Crippen LogP contribution is 2.30. The van der Waals surface area contributed by atoms with Crippen LogP contribution in [0.25, 0.3) is 0 Å². The van der Waals surface area contributed by atoms with E-state index in [4.69, 9.17) is 0 Å². The van der Waals surface area contributed by atoms with Crippen molar-refractivity contribution in [3.05, 3.63) is 29.3 Å². The van der Waals surface area contributed by atoms with E-state index in [9.17, 15) is 8.42 Å². The molecule has 110 valence electrons. The first-order valence-electron chi connectivity index (χ1n) is 6.73. The van der Waals surface area contributed by atoms with Crippen molar-refractivity contribution in [3.63, 3.8) is 0 Å². The topological polar surface area (TPSA) is 70.6 Å². The lowest BCUT2D eigenvalue weighted by molar-refractivity contribution is 0.560. The van der Waals surface area contributed by atoms with Crippen LogP contribution in [0.1, 0.15) is 37.9 Å². The summed E-state index contributed by atoms with van der Waals surface area (Å²) >= 11 is 0. The molecule has 0 radical (unpaired) electrons. The van der Waals surface area contributed by atoms with Crippen LogP contribution < -0.4 is 10.0 Å². The molecular formula is C14H21N3O2S. The monoisotopic (exact) mass is 295 g/mol. The number of hydrogen-bond acceptors (Lipinski definition) is 3. The molecule has 2 N–H and O–H groups in total. The fourth-order valence-corrected chi connectivity index (χ4v) is 3.72. The largest absolute Gasteiger partial charge is 0.363 e. The highest BCUT2D eigenvalue weighted by atomic mass is 32.2. The van der Waals surface area contributed by atoms with E-state index in [1.807, 2.05) is 26.8 Å². The number of fused-ring (bicyclic) bond motifs is 1. The molecule has 5 nitrogen and oxygen atoms in total. The summed E-state index contributed by atoms with van der Waals surface area (Å²) in [5, 5.41) is 3.20. The van der Waals surface area contributed by atoms with Crippen molar-refractivity contribution in [3.8, 4) is 0 Å². The number of benzene rings is 1. The SMILES string of the molecule is CN=C1NC(C)c2cccc(S(=O)(=O)NCC(C)C)c21. The molecule has 0 fully saturated rings. The molecule has 0 saturated heterocycles. The average molecular weight is 295 g/mol. The molecule has 0 saturated carbocycles. The number of aliphatic imine (C=N–C) groups is 1. The van der Waals surface area contributed by atoms with E-state index in [1.54, 1.807) is 19.2 Å². The summed E-state index contributed by atoms with van der Waals surface area (Å²) in [6.45, 7) is 6.36. The number of nitrogens with zero attached hydrogens (tertiary/aromatic N) is 1. The van der Waals surface area contributed by atoms with Gasteiger partial charge in [0, 0.05) is 19.2 Å². The zero-order valence-corrected chi connectivity index (χ0v) is 13.1. The second-order valence-corrected chi connectivity index (χ2v) is 7.14. The van der Waals surface area contributed by atoms with E-state index in [2.05, 4.69) is 15.0 Å². The minimum atomic E-state index is -3.52. The predicted molar refractivity (Wildman–Crippen MR) is 80.5 cm³/mol. The molecule has 1 aromatic carbocycles. The van der Waals surface area contributed by atoms with E-state index >= 15 is 0 Å². The third-order valence-electron chi connectivity index (χ3n) is 3.31. The standard InChI is InChI=1S/C14H21N3O2S/c1-9(2)8-16-20(18,19)12-7-5-6-11-10(3)17-14(15-4)13(11)12/h5-7,9-10,16H,8H2,1-4H3,(H,15,17). The van der Waals surface area contributed by atoms with Gasteiger partial charge in [0.05, 0.1) is 10.9 Å². The lowest BCUT2D eigenvalue weighted by Gasteiger charge is -2.12. The van der Waals surface area contributed by atoms with Crippen LogP contribution in [0.2, 0.25) is 0 Å². The van der Waals surface area contributed by atoms with Crippen molar-refractivity contribution in [2.75, 3.05) is 13.6 Å². The molecule has 0 amide bonds. The molecule has 1 aliphatic heterocycles. The first-order valence-corrected chi connectivity index (χ1v) is 8.21. The van der Waals surface area contributed by atoms with Gasteiger partial charge in [0.25, 0.3) is 0 Å². The molecule has 1 atom stereocenters. The van der Waals surface area contributed by atoms with Gasteiger partial charge in [-0.15, -0.1) is 0 Å². The molecule has 0 aliphatic carbocycles. The molecule has 20 heavy (non-hydrogen) atoms. The Morgan fingerprint density at radius 3 is 2.70 bits per heavy atom. The third-order valence-corrected chi connectivity index (χ3v) is 4.78. The van der Waals surface area contributed by atoms with Crippen molar-refractivity contribution in [1.82, 2.24) is 10.0 Å². The first kappa shape index (κ1) is 15.0. The summed E-state index contributed by atoms with van der Waals surface area (Å²) in [5.41, 5.74) is 1.66. The smallest absolute Gasteiger partial charge is 0.241 e. The molecule has 1 unspecified atom stereocenters. The van der Waals surface area contributed by atoms with E-state index < -0.39 is 10.0 Å². The fraction of sp³-hybridized carbons (Fsp3) is 0.500. The summed E-state index contributed by atoms with van der Waals surface area (Å²) in [6, 6.07) is 5.42. The quantitative estimate of drug-likeness (QED) is 0.887. The highest BCUT2D eigenvalue weighted by Gasteiger charge is 2.30. The Balaban J connectivity index is 2.50. The van der Waals surface area contributed by atoms with Gasteiger partial charge < -0.3 is 5.32 Å². The van der Waals surface area contributed by atoms with Gasteiger partial charge in [-0.05, 0) is 24.5 Å². The van der Waals surface area contributed by atoms with Gasteiger partial charge in [0.1, 0.15) is 5.84 Å². The van der Waals surface area contributed by atoms with E-state index in [-0.39, 0.29) is 12.0 Å². The van der Waals surface area contributed by atoms with Gasteiger partial charge in [-0.25, -0.2) is 13.1 Å². The van der Waals surface area contributed by atoms with E-state index in [1.165, 1.54) is 0 Å². The van der Waals surface area contributed by atoms with E-state index in [0.717, 1.165) is 5.56 Å². The maximum absolute atomic E-state index is 12.5. The second kappa shape index (κ2) is 5.54. The van der Waals surface area contributed by atoms with Gasteiger partial charge in [-0.3, -0.25) is 4.99 Å². The first-order chi connectivity index (χ1) is 9.36. The molecule has 1 aromatic rings. The second-order valence-electron chi connectivity index (χ2n) is 5.40. The van der Waals surface area contributed by atoms with Crippen LogP contribution >= 0.6 is 0 Å². The summed E-state index contributed by atoms with van der Waals surface area (Å²) in [7, 11) is -1.86. The fourth-order valence-electron chi connectivity index (χ4n) is 2.27. The van der Waals surface area contributed by atoms with Crippen LogP contribution in [0.5, 0.6) is 0 Å². The number of hydrogen-bond donors (Lipinski definition) is 2. The van der Waals surface area contributed by atoms with Gasteiger partial charge >= 0.3 is 0 Å². The predicted octanol–water partition coefficient (Wildman–Crippen LogP) is 1.66. The minimum absolute atomic E-state index is 0.0731. The number of nitrogens with one attached hydrogen (secondary N) is 2. The Bertz CT molecular complexity index is 636. The number of rotatable bonds is 4. The molecule has 0 spiro atoms. The molecule has 2 rings (SSSR count). The summed E-state index contributed by atoms with van der Waals surface area (Å²) < 4.78 is 27.6. The van der Waals surface area contributed by atoms with Crippen LogP contribution in [0.15, 0.2) is 28.1 Å². The maximum atomic E-state index is 12.5. The molecule has 0 bridgehead atoms. The molecule has 6 heteroatoms. The Labute approximate surface area is 120 Å². The lowest BCUT2D eigenvalue weighted by atomic mass is 10.1. The van der Waals surface area contributed by atoms with Gasteiger partial charge in [-0.2, -0.15) is 0 Å². The third kappa shape index (κ3) is 2.71. The van der Waals surface area contributed by atoms with Crippen molar-refractivity contribution < 1.29 is 8.42 Å². The molecule has 1 aliphatic rings. The maximum Gasteiger partial charge on any atom is 0.241 e. The number of amidine groups is 1. The van der Waals surface area contributed by atoms with Crippen molar-refractivity contribution >= 4 is 15.9 Å². The Kier molecular flexibility index (Phi) is 4.15. The average Bonchev–Trinajstić information content (AvgIpc) is 2.73. The normalized spacial score (nSPS) is 20.2. The minimum Gasteiger partial charge on any atom is -0.363 e. The molecule has 0 aromatic heterocycles. The zero-order valence-electron chi connectivity index (χ0n) is 12.3. The van der Waals surface area contributed by atoms with Crippen LogP contribution in [0, 0.1) is 5.92 Å².